The number of ether oxygens (including phenoxy) is 2. The Labute approximate surface area is 189 Å². The van der Waals surface area contributed by atoms with Crippen molar-refractivity contribution in [2.75, 3.05) is 29.6 Å². The van der Waals surface area contributed by atoms with Crippen LogP contribution in [-0.4, -0.2) is 45.9 Å². The summed E-state index contributed by atoms with van der Waals surface area (Å²) in [4.78, 5) is 35.0. The number of hydrogen-bond donors (Lipinski definition) is 2. The molecule has 0 atom stereocenters. The smallest absolute Gasteiger partial charge is 0.282 e. The first kappa shape index (κ1) is 21.5. The highest BCUT2D eigenvalue weighted by molar-refractivity contribution is 8.01. The molecule has 0 spiro atoms. The van der Waals surface area contributed by atoms with Gasteiger partial charge in [-0.25, -0.2) is 0 Å². The Kier molecular flexibility index (Phi) is 6.47. The predicted molar refractivity (Wildman–Crippen MR) is 118 cm³/mol. The van der Waals surface area contributed by atoms with Crippen LogP contribution < -0.4 is 20.1 Å². The maximum absolute atomic E-state index is 12.4. The third-order valence-corrected chi connectivity index (χ3v) is 6.10. The molecule has 2 amide bonds. The monoisotopic (exact) mass is 473 g/mol. The zero-order valence-electron chi connectivity index (χ0n) is 16.3. The molecule has 0 aliphatic carbocycles. The lowest BCUT2D eigenvalue weighted by Crippen LogP contribution is -2.17. The van der Waals surface area contributed by atoms with Gasteiger partial charge in [-0.1, -0.05) is 35.2 Å². The van der Waals surface area contributed by atoms with E-state index in [-0.39, 0.29) is 28.0 Å². The summed E-state index contributed by atoms with van der Waals surface area (Å²) in [5.74, 6) is 0.354. The minimum absolute atomic E-state index is 0.0706. The molecule has 164 valence electrons. The number of nitro groups is 1. The topological polar surface area (TPSA) is 146 Å². The van der Waals surface area contributed by atoms with Crippen LogP contribution in [0.4, 0.5) is 16.5 Å². The molecular formula is C19H15N5O6S2. The normalized spacial score (nSPS) is 12.1. The van der Waals surface area contributed by atoms with Gasteiger partial charge in [-0.05, 0) is 18.2 Å². The Morgan fingerprint density at radius 1 is 1.09 bits per heavy atom. The van der Waals surface area contributed by atoms with E-state index in [1.165, 1.54) is 24.3 Å². The zero-order chi connectivity index (χ0) is 22.5. The molecule has 2 heterocycles. The maximum Gasteiger partial charge on any atom is 0.282 e. The lowest BCUT2D eigenvalue weighted by atomic mass is 10.1. The fourth-order valence-electron chi connectivity index (χ4n) is 2.75. The molecule has 0 bridgehead atoms. The van der Waals surface area contributed by atoms with Gasteiger partial charge in [0.1, 0.15) is 18.8 Å². The van der Waals surface area contributed by atoms with Crippen molar-refractivity contribution < 1.29 is 24.0 Å². The number of aromatic nitrogens is 2. The SMILES string of the molecule is O=C(CSc1nnc(NC(=O)c2ccccc2[N+](=O)[O-])s1)Nc1ccc2c(c1)OCCO2. The second kappa shape index (κ2) is 9.62. The van der Waals surface area contributed by atoms with E-state index in [4.69, 9.17) is 9.47 Å². The van der Waals surface area contributed by atoms with Crippen LogP contribution >= 0.6 is 23.1 Å². The molecule has 2 aromatic carbocycles. The molecule has 2 N–H and O–H groups in total. The highest BCUT2D eigenvalue weighted by Gasteiger charge is 2.20. The lowest BCUT2D eigenvalue weighted by molar-refractivity contribution is -0.385. The van der Waals surface area contributed by atoms with Gasteiger partial charge in [0.25, 0.3) is 11.6 Å². The summed E-state index contributed by atoms with van der Waals surface area (Å²) >= 11 is 2.21. The first-order valence-corrected chi connectivity index (χ1v) is 11.0. The lowest BCUT2D eigenvalue weighted by Gasteiger charge is -2.18. The summed E-state index contributed by atoms with van der Waals surface area (Å²) in [7, 11) is 0. The third kappa shape index (κ3) is 5.12. The number of benzene rings is 2. The highest BCUT2D eigenvalue weighted by Crippen LogP contribution is 2.33. The molecule has 1 aliphatic heterocycles. The Bertz CT molecular complexity index is 1180. The van der Waals surface area contributed by atoms with E-state index in [9.17, 15) is 19.7 Å². The first-order valence-electron chi connectivity index (χ1n) is 9.20. The van der Waals surface area contributed by atoms with Crippen LogP contribution in [0, 0.1) is 10.1 Å². The number of amides is 2. The van der Waals surface area contributed by atoms with E-state index in [0.717, 1.165) is 23.1 Å². The maximum atomic E-state index is 12.4. The number of para-hydroxylation sites is 1. The van der Waals surface area contributed by atoms with E-state index in [2.05, 4.69) is 20.8 Å². The fourth-order valence-corrected chi connectivity index (χ4v) is 4.30. The van der Waals surface area contributed by atoms with Crippen molar-refractivity contribution in [1.29, 1.82) is 0 Å². The molecule has 1 aliphatic rings. The molecule has 4 rings (SSSR count). The zero-order valence-corrected chi connectivity index (χ0v) is 17.9. The minimum atomic E-state index is -0.665. The number of carbonyl (C=O) groups excluding carboxylic acids is 2. The van der Waals surface area contributed by atoms with Crippen molar-refractivity contribution in [2.45, 2.75) is 4.34 Å². The van der Waals surface area contributed by atoms with Gasteiger partial charge < -0.3 is 14.8 Å². The quantitative estimate of drug-likeness (QED) is 0.229. The van der Waals surface area contributed by atoms with Gasteiger partial charge in [0.15, 0.2) is 15.8 Å². The summed E-state index contributed by atoms with van der Waals surface area (Å²) in [5, 5.41) is 24.3. The van der Waals surface area contributed by atoms with Crippen LogP contribution in [0.15, 0.2) is 46.8 Å². The van der Waals surface area contributed by atoms with Gasteiger partial charge in [0, 0.05) is 17.8 Å². The van der Waals surface area contributed by atoms with Crippen LogP contribution in [0.25, 0.3) is 0 Å². The van der Waals surface area contributed by atoms with Crippen LogP contribution in [-0.2, 0) is 4.79 Å². The van der Waals surface area contributed by atoms with Crippen LogP contribution in [0.2, 0.25) is 0 Å². The molecule has 32 heavy (non-hydrogen) atoms. The highest BCUT2D eigenvalue weighted by atomic mass is 32.2. The number of hydrogen-bond acceptors (Lipinski definition) is 10. The van der Waals surface area contributed by atoms with Gasteiger partial charge in [-0.15, -0.1) is 10.2 Å². The van der Waals surface area contributed by atoms with Crippen molar-refractivity contribution in [2.24, 2.45) is 0 Å². The summed E-state index contributed by atoms with van der Waals surface area (Å²) < 4.78 is 11.4. The Morgan fingerprint density at radius 2 is 1.88 bits per heavy atom. The van der Waals surface area contributed by atoms with Crippen molar-refractivity contribution in [3.8, 4) is 11.5 Å². The number of carbonyl (C=O) groups is 2. The number of rotatable bonds is 7. The number of nitro benzene ring substituents is 1. The van der Waals surface area contributed by atoms with E-state index < -0.39 is 10.8 Å². The molecular weight excluding hydrogens is 458 g/mol. The molecule has 0 unspecified atom stereocenters. The number of nitrogens with zero attached hydrogens (tertiary/aromatic N) is 3. The van der Waals surface area contributed by atoms with Crippen molar-refractivity contribution in [3.05, 3.63) is 58.1 Å². The summed E-state index contributed by atoms with van der Waals surface area (Å²) in [6.45, 7) is 0.940. The standard InChI is InChI=1S/C19H15N5O6S2/c25-16(20-11-5-6-14-15(9-11)30-8-7-29-14)10-31-19-23-22-18(32-19)21-17(26)12-3-1-2-4-13(12)24(27)28/h1-6,9H,7-8,10H2,(H,20,25)(H,21,22,26). The second-order valence-corrected chi connectivity index (χ2v) is 8.50. The molecule has 11 nitrogen and oxygen atoms in total. The Balaban J connectivity index is 1.31. The number of fused-ring (bicyclic) bond motifs is 1. The van der Waals surface area contributed by atoms with Crippen molar-refractivity contribution >= 4 is 51.4 Å². The van der Waals surface area contributed by atoms with E-state index in [1.54, 1.807) is 18.2 Å². The number of nitrogens with one attached hydrogen (secondary N) is 2. The average Bonchev–Trinajstić information content (AvgIpc) is 3.25. The van der Waals surface area contributed by atoms with E-state index in [1.807, 2.05) is 0 Å². The Hall–Kier alpha value is -3.71. The first-order chi connectivity index (χ1) is 15.5. The minimum Gasteiger partial charge on any atom is -0.486 e. The molecule has 0 fully saturated rings. The van der Waals surface area contributed by atoms with Crippen molar-refractivity contribution in [3.63, 3.8) is 0 Å². The van der Waals surface area contributed by atoms with Gasteiger partial charge in [0.2, 0.25) is 11.0 Å². The van der Waals surface area contributed by atoms with Crippen molar-refractivity contribution in [1.82, 2.24) is 10.2 Å². The van der Waals surface area contributed by atoms with E-state index in [0.29, 0.717) is 34.7 Å². The van der Waals surface area contributed by atoms with E-state index >= 15 is 0 Å². The summed E-state index contributed by atoms with van der Waals surface area (Å²) in [6.07, 6.45) is 0. The molecule has 0 radical (unpaired) electrons. The van der Waals surface area contributed by atoms with Gasteiger partial charge >= 0.3 is 0 Å². The molecule has 0 saturated heterocycles. The third-order valence-electron chi connectivity index (χ3n) is 4.12. The largest absolute Gasteiger partial charge is 0.486 e. The van der Waals surface area contributed by atoms with Crippen LogP contribution in [0.1, 0.15) is 10.4 Å². The average molecular weight is 473 g/mol. The van der Waals surface area contributed by atoms with Gasteiger partial charge in [-0.3, -0.25) is 25.0 Å². The van der Waals surface area contributed by atoms with Crippen LogP contribution in [0.3, 0.4) is 0 Å². The molecule has 13 heteroatoms. The van der Waals surface area contributed by atoms with Crippen LogP contribution in [0.5, 0.6) is 11.5 Å². The predicted octanol–water partition coefficient (Wildman–Crippen LogP) is 3.20. The second-order valence-electron chi connectivity index (χ2n) is 6.30. The summed E-state index contributed by atoms with van der Waals surface area (Å²) in [6, 6.07) is 10.8. The summed E-state index contributed by atoms with van der Waals surface area (Å²) in [5.41, 5.74) is 0.190. The molecule has 0 saturated carbocycles. The number of anilines is 2. The number of thioether (sulfide) groups is 1. The molecule has 1 aromatic heterocycles. The van der Waals surface area contributed by atoms with Gasteiger partial charge in [-0.2, -0.15) is 0 Å². The fraction of sp³-hybridized carbons (Fsp3) is 0.158. The Morgan fingerprint density at radius 3 is 2.69 bits per heavy atom. The molecule has 3 aromatic rings. The van der Waals surface area contributed by atoms with Gasteiger partial charge in [0.05, 0.1) is 10.7 Å².